The molecule has 1 aromatic rings. The van der Waals surface area contributed by atoms with E-state index < -0.39 is 0 Å². The highest BCUT2D eigenvalue weighted by Crippen LogP contribution is 2.65. The minimum absolute atomic E-state index is 0.0320. The van der Waals surface area contributed by atoms with Gasteiger partial charge in [-0.1, -0.05) is 12.5 Å². The molecule has 110 valence electrons. The van der Waals surface area contributed by atoms with Gasteiger partial charge in [-0.15, -0.1) is 0 Å². The topological polar surface area (TPSA) is 35.5 Å². The molecule has 4 atom stereocenters. The lowest BCUT2D eigenvalue weighted by Crippen LogP contribution is -2.58. The number of rotatable bonds is 1. The summed E-state index contributed by atoms with van der Waals surface area (Å²) >= 11 is 0. The normalized spacial score (nSPS) is 38.7. The highest BCUT2D eigenvalue weighted by Gasteiger charge is 2.64. The lowest BCUT2D eigenvalue weighted by Gasteiger charge is -2.54. The van der Waals surface area contributed by atoms with Crippen LogP contribution in [0.3, 0.4) is 0 Å². The molecule has 0 aromatic heterocycles. The van der Waals surface area contributed by atoms with Crippen LogP contribution in [0.15, 0.2) is 12.1 Å². The van der Waals surface area contributed by atoms with Crippen LogP contribution in [-0.4, -0.2) is 19.0 Å². The maximum absolute atomic E-state index is 12.6. The van der Waals surface area contributed by atoms with Crippen molar-refractivity contribution in [1.29, 1.82) is 0 Å². The Labute approximate surface area is 124 Å². The Morgan fingerprint density at radius 2 is 2.24 bits per heavy atom. The molecule has 2 bridgehead atoms. The van der Waals surface area contributed by atoms with Crippen LogP contribution in [0.1, 0.15) is 43.2 Å². The van der Waals surface area contributed by atoms with Crippen molar-refractivity contribution in [2.24, 2.45) is 11.8 Å². The number of hydrogen-bond acceptors (Lipinski definition) is 3. The Morgan fingerprint density at radius 3 is 3.10 bits per heavy atom. The van der Waals surface area contributed by atoms with E-state index in [-0.39, 0.29) is 11.5 Å². The van der Waals surface area contributed by atoms with Crippen molar-refractivity contribution in [2.75, 3.05) is 7.11 Å². The minimum atomic E-state index is -0.246. The lowest BCUT2D eigenvalue weighted by molar-refractivity contribution is -0.136. The van der Waals surface area contributed by atoms with Gasteiger partial charge in [-0.3, -0.25) is 4.79 Å². The van der Waals surface area contributed by atoms with Crippen LogP contribution in [0.4, 0.5) is 0 Å². The summed E-state index contributed by atoms with van der Waals surface area (Å²) in [5.74, 6) is 3.35. The average Bonchev–Trinajstić information content (AvgIpc) is 2.83. The monoisotopic (exact) mass is 284 g/mol. The van der Waals surface area contributed by atoms with Gasteiger partial charge in [-0.05, 0) is 49.1 Å². The molecule has 2 saturated carbocycles. The molecule has 0 N–H and O–H groups in total. The van der Waals surface area contributed by atoms with Gasteiger partial charge in [0.05, 0.1) is 7.11 Å². The van der Waals surface area contributed by atoms with Gasteiger partial charge >= 0.3 is 0 Å². The summed E-state index contributed by atoms with van der Waals surface area (Å²) in [6, 6.07) is 4.22. The van der Waals surface area contributed by atoms with E-state index in [2.05, 4.69) is 6.07 Å². The molecule has 1 aromatic carbocycles. The Balaban J connectivity index is 1.83. The zero-order valence-electron chi connectivity index (χ0n) is 12.4. The fourth-order valence-corrected chi connectivity index (χ4v) is 5.82. The number of carbonyl (C=O) groups is 1. The Morgan fingerprint density at radius 1 is 1.33 bits per heavy atom. The van der Waals surface area contributed by atoms with E-state index in [1.807, 2.05) is 6.07 Å². The van der Waals surface area contributed by atoms with E-state index in [0.717, 1.165) is 36.7 Å². The number of ether oxygens (including phenoxy) is 2. The van der Waals surface area contributed by atoms with Gasteiger partial charge in [0.15, 0.2) is 23.4 Å². The quantitative estimate of drug-likeness (QED) is 0.795. The third kappa shape index (κ3) is 1.25. The van der Waals surface area contributed by atoms with Gasteiger partial charge < -0.3 is 9.47 Å². The first-order valence-electron chi connectivity index (χ1n) is 8.15. The fourth-order valence-electron chi connectivity index (χ4n) is 5.82. The predicted octanol–water partition coefficient (Wildman–Crippen LogP) is 3.03. The number of benzene rings is 1. The van der Waals surface area contributed by atoms with Gasteiger partial charge in [0.25, 0.3) is 0 Å². The standard InChI is InChI=1S/C18H20O3/c1-20-14-7-4-11-9-10-3-2-8-18-12(10)5-6-13(19)17(18)21-16(14)15(11)18/h4,7,10,12,17H,2-3,5-6,8-9H2,1H3/t10-,12+,17+,18+/m1/s1. The van der Waals surface area contributed by atoms with Gasteiger partial charge in [-0.25, -0.2) is 0 Å². The van der Waals surface area contributed by atoms with Crippen LogP contribution in [0.5, 0.6) is 11.5 Å². The Bertz CT molecular complexity index is 650. The van der Waals surface area contributed by atoms with Crippen molar-refractivity contribution in [3.63, 3.8) is 0 Å². The van der Waals surface area contributed by atoms with Gasteiger partial charge in [0.1, 0.15) is 0 Å². The number of carbonyl (C=O) groups excluding carboxylic acids is 1. The molecule has 3 nitrogen and oxygen atoms in total. The first kappa shape index (κ1) is 12.1. The van der Waals surface area contributed by atoms with Crippen LogP contribution in [0.2, 0.25) is 0 Å². The first-order valence-corrected chi connectivity index (χ1v) is 8.15. The molecular formula is C18H20O3. The molecule has 3 aliphatic carbocycles. The van der Waals surface area contributed by atoms with E-state index in [1.54, 1.807) is 7.11 Å². The molecule has 0 radical (unpaired) electrons. The summed E-state index contributed by atoms with van der Waals surface area (Å²) in [6.45, 7) is 0. The largest absolute Gasteiger partial charge is 0.493 e. The number of ketones is 1. The average molecular weight is 284 g/mol. The fraction of sp³-hybridized carbons (Fsp3) is 0.611. The second-order valence-electron chi connectivity index (χ2n) is 7.14. The van der Waals surface area contributed by atoms with E-state index in [9.17, 15) is 4.79 Å². The van der Waals surface area contributed by atoms with Crippen molar-refractivity contribution in [2.45, 2.75) is 50.0 Å². The van der Waals surface area contributed by atoms with Crippen molar-refractivity contribution in [3.05, 3.63) is 23.3 Å². The Hall–Kier alpha value is -1.51. The molecule has 0 unspecified atom stereocenters. The Kier molecular flexibility index (Phi) is 2.20. The number of methoxy groups -OCH3 is 1. The van der Waals surface area contributed by atoms with E-state index in [0.29, 0.717) is 18.1 Å². The van der Waals surface area contributed by atoms with Gasteiger partial charge in [-0.2, -0.15) is 0 Å². The molecule has 5 rings (SSSR count). The molecule has 3 heteroatoms. The molecule has 0 saturated heterocycles. The first-order chi connectivity index (χ1) is 10.3. The van der Waals surface area contributed by atoms with Crippen LogP contribution in [0.25, 0.3) is 0 Å². The van der Waals surface area contributed by atoms with Crippen molar-refractivity contribution >= 4 is 5.78 Å². The molecule has 1 spiro atoms. The van der Waals surface area contributed by atoms with Gasteiger partial charge in [0.2, 0.25) is 0 Å². The van der Waals surface area contributed by atoms with Crippen LogP contribution < -0.4 is 9.47 Å². The summed E-state index contributed by atoms with van der Waals surface area (Å²) in [6.07, 6.45) is 6.31. The summed E-state index contributed by atoms with van der Waals surface area (Å²) < 4.78 is 11.7. The second kappa shape index (κ2) is 3.82. The third-order valence-corrected chi connectivity index (χ3v) is 6.47. The van der Waals surface area contributed by atoms with Crippen LogP contribution >= 0.6 is 0 Å². The smallest absolute Gasteiger partial charge is 0.174 e. The maximum atomic E-state index is 12.6. The zero-order valence-corrected chi connectivity index (χ0v) is 12.4. The lowest BCUT2D eigenvalue weighted by atomic mass is 9.48. The molecule has 0 amide bonds. The molecular weight excluding hydrogens is 264 g/mol. The predicted molar refractivity (Wildman–Crippen MR) is 77.9 cm³/mol. The summed E-state index contributed by atoms with van der Waals surface area (Å²) in [4.78, 5) is 12.6. The third-order valence-electron chi connectivity index (χ3n) is 6.47. The van der Waals surface area contributed by atoms with Crippen molar-refractivity contribution in [3.8, 4) is 11.5 Å². The maximum Gasteiger partial charge on any atom is 0.174 e. The summed E-state index contributed by atoms with van der Waals surface area (Å²) in [5, 5.41) is 0. The van der Waals surface area contributed by atoms with Crippen LogP contribution in [0, 0.1) is 11.8 Å². The van der Waals surface area contributed by atoms with Gasteiger partial charge in [0, 0.05) is 17.4 Å². The van der Waals surface area contributed by atoms with E-state index in [1.165, 1.54) is 24.0 Å². The molecule has 2 fully saturated rings. The zero-order chi connectivity index (χ0) is 14.2. The number of hydrogen-bond donors (Lipinski definition) is 0. The van der Waals surface area contributed by atoms with E-state index >= 15 is 0 Å². The number of Topliss-reactive ketones (excluding diaryl/α,β-unsaturated/α-hetero) is 1. The highest BCUT2D eigenvalue weighted by atomic mass is 16.5. The van der Waals surface area contributed by atoms with Crippen molar-refractivity contribution < 1.29 is 14.3 Å². The SMILES string of the molecule is COc1ccc2c3c1O[C@H]1C(=O)CC[C@H]4[C@H](CCC[C@]314)C2. The molecule has 4 aliphatic rings. The van der Waals surface area contributed by atoms with E-state index in [4.69, 9.17) is 9.47 Å². The van der Waals surface area contributed by atoms with Crippen LogP contribution in [-0.2, 0) is 16.6 Å². The molecule has 21 heavy (non-hydrogen) atoms. The molecule has 1 heterocycles. The highest BCUT2D eigenvalue weighted by molar-refractivity contribution is 5.89. The second-order valence-corrected chi connectivity index (χ2v) is 7.14. The van der Waals surface area contributed by atoms with Crippen molar-refractivity contribution in [1.82, 2.24) is 0 Å². The summed E-state index contributed by atoms with van der Waals surface area (Å²) in [7, 11) is 1.69. The summed E-state index contributed by atoms with van der Waals surface area (Å²) in [5.41, 5.74) is 2.71. The molecule has 1 aliphatic heterocycles. The minimum Gasteiger partial charge on any atom is -0.493 e.